The number of nitrogens with one attached hydrogen (secondary N) is 1. The summed E-state index contributed by atoms with van der Waals surface area (Å²) < 4.78 is 16.5. The highest BCUT2D eigenvalue weighted by atomic mass is 79.9. The summed E-state index contributed by atoms with van der Waals surface area (Å²) in [6, 6.07) is 10.7. The summed E-state index contributed by atoms with van der Waals surface area (Å²) in [6.45, 7) is 0. The number of rotatable bonds is 2. The second-order valence-corrected chi connectivity index (χ2v) is 6.65. The molecule has 2 nitrogen and oxygen atoms in total. The summed E-state index contributed by atoms with van der Waals surface area (Å²) in [5, 5.41) is 3.69. The van der Waals surface area contributed by atoms with E-state index in [0.717, 1.165) is 14.7 Å². The minimum Gasteiger partial charge on any atom is -0.328 e. The Morgan fingerprint density at radius 2 is 2.00 bits per heavy atom. The summed E-state index contributed by atoms with van der Waals surface area (Å²) in [6.07, 6.45) is 0. The Hall–Kier alpha value is -0.980. The molecule has 1 aromatic heterocycles. The van der Waals surface area contributed by atoms with E-state index < -0.39 is 0 Å². The number of para-hydroxylation sites is 1. The number of halogens is 3. The van der Waals surface area contributed by atoms with Crippen LogP contribution >= 0.6 is 43.2 Å². The average molecular weight is 402 g/mol. The van der Waals surface area contributed by atoms with Crippen LogP contribution in [0.5, 0.6) is 0 Å². The van der Waals surface area contributed by atoms with Crippen LogP contribution in [0.15, 0.2) is 45.3 Å². The van der Waals surface area contributed by atoms with Gasteiger partial charge in [0.1, 0.15) is 5.82 Å². The largest absolute Gasteiger partial charge is 0.328 e. The van der Waals surface area contributed by atoms with Gasteiger partial charge in [0.25, 0.3) is 0 Å². The van der Waals surface area contributed by atoms with Crippen LogP contribution in [0, 0.1) is 5.82 Å². The lowest BCUT2D eigenvalue weighted by Crippen LogP contribution is -1.93. The van der Waals surface area contributed by atoms with Gasteiger partial charge in [-0.1, -0.05) is 33.3 Å². The van der Waals surface area contributed by atoms with Gasteiger partial charge in [-0.2, -0.15) is 0 Å². The van der Waals surface area contributed by atoms with E-state index >= 15 is 0 Å². The van der Waals surface area contributed by atoms with E-state index in [1.54, 1.807) is 12.1 Å². The first-order valence-corrected chi connectivity index (χ1v) is 7.81. The van der Waals surface area contributed by atoms with E-state index in [9.17, 15) is 4.39 Å². The number of fused-ring (bicyclic) bond motifs is 1. The molecule has 0 aliphatic carbocycles. The van der Waals surface area contributed by atoms with E-state index in [4.69, 9.17) is 0 Å². The lowest BCUT2D eigenvalue weighted by Gasteiger charge is -2.05. The number of benzene rings is 2. The summed E-state index contributed by atoms with van der Waals surface area (Å²) >= 11 is 8.23. The van der Waals surface area contributed by atoms with Crippen LogP contribution in [0.1, 0.15) is 0 Å². The number of hydrogen-bond donors (Lipinski definition) is 1. The highest BCUT2D eigenvalue weighted by Crippen LogP contribution is 2.33. The SMILES string of the molecule is Fc1cccc(Br)c1Nc1nc2ccc(Br)cc2s1. The lowest BCUT2D eigenvalue weighted by atomic mass is 10.3. The van der Waals surface area contributed by atoms with Crippen molar-refractivity contribution >= 4 is 64.2 Å². The van der Waals surface area contributed by atoms with Gasteiger partial charge < -0.3 is 5.32 Å². The molecule has 0 aliphatic heterocycles. The lowest BCUT2D eigenvalue weighted by molar-refractivity contribution is 0.631. The van der Waals surface area contributed by atoms with Crippen LogP contribution in [-0.4, -0.2) is 4.98 Å². The molecule has 0 radical (unpaired) electrons. The predicted octanol–water partition coefficient (Wildman–Crippen LogP) is 5.70. The topological polar surface area (TPSA) is 24.9 Å². The van der Waals surface area contributed by atoms with Crippen LogP contribution < -0.4 is 5.32 Å². The first kappa shape index (κ1) is 13.0. The van der Waals surface area contributed by atoms with Crippen molar-refractivity contribution in [1.29, 1.82) is 0 Å². The van der Waals surface area contributed by atoms with Gasteiger partial charge in [-0.25, -0.2) is 9.37 Å². The smallest absolute Gasteiger partial charge is 0.188 e. The Morgan fingerprint density at radius 3 is 2.79 bits per heavy atom. The molecule has 3 rings (SSSR count). The quantitative estimate of drug-likeness (QED) is 0.595. The van der Waals surface area contributed by atoms with Gasteiger partial charge >= 0.3 is 0 Å². The Bertz CT molecular complexity index is 737. The Labute approximate surface area is 129 Å². The van der Waals surface area contributed by atoms with Crippen LogP contribution in [0.3, 0.4) is 0 Å². The minimum atomic E-state index is -0.310. The molecule has 6 heteroatoms. The maximum Gasteiger partial charge on any atom is 0.188 e. The van der Waals surface area contributed by atoms with Crippen molar-refractivity contribution in [2.24, 2.45) is 0 Å². The molecule has 0 atom stereocenters. The first-order valence-electron chi connectivity index (χ1n) is 5.40. The molecule has 3 aromatic rings. The van der Waals surface area contributed by atoms with Gasteiger partial charge in [-0.05, 0) is 46.3 Å². The van der Waals surface area contributed by atoms with Crippen LogP contribution in [-0.2, 0) is 0 Å². The van der Waals surface area contributed by atoms with E-state index in [0.29, 0.717) is 15.3 Å². The molecule has 0 unspecified atom stereocenters. The van der Waals surface area contributed by atoms with Crippen LogP contribution in [0.2, 0.25) is 0 Å². The fourth-order valence-corrected chi connectivity index (χ4v) is 3.54. The van der Waals surface area contributed by atoms with Gasteiger partial charge in [0, 0.05) is 8.95 Å². The van der Waals surface area contributed by atoms with Crippen molar-refractivity contribution in [3.05, 3.63) is 51.2 Å². The summed E-state index contributed by atoms with van der Waals surface area (Å²) in [4.78, 5) is 4.43. The monoisotopic (exact) mass is 400 g/mol. The van der Waals surface area contributed by atoms with Crippen molar-refractivity contribution < 1.29 is 4.39 Å². The third-order valence-corrected chi connectivity index (χ3v) is 4.63. The molecule has 0 spiro atoms. The highest BCUT2D eigenvalue weighted by Gasteiger charge is 2.10. The molecule has 19 heavy (non-hydrogen) atoms. The zero-order chi connectivity index (χ0) is 13.4. The van der Waals surface area contributed by atoms with Crippen molar-refractivity contribution in [2.45, 2.75) is 0 Å². The zero-order valence-corrected chi connectivity index (χ0v) is 13.4. The average Bonchev–Trinajstić information content (AvgIpc) is 2.75. The maximum atomic E-state index is 13.7. The van der Waals surface area contributed by atoms with Gasteiger partial charge in [0.2, 0.25) is 0 Å². The van der Waals surface area contributed by atoms with E-state index in [1.165, 1.54) is 17.4 Å². The van der Waals surface area contributed by atoms with Crippen molar-refractivity contribution in [3.63, 3.8) is 0 Å². The Balaban J connectivity index is 2.01. The van der Waals surface area contributed by atoms with E-state index in [2.05, 4.69) is 42.2 Å². The van der Waals surface area contributed by atoms with E-state index in [1.807, 2.05) is 18.2 Å². The summed E-state index contributed by atoms with van der Waals surface area (Å²) in [5.74, 6) is -0.310. The Morgan fingerprint density at radius 1 is 1.16 bits per heavy atom. The van der Waals surface area contributed by atoms with Gasteiger partial charge in [-0.3, -0.25) is 0 Å². The number of thiazole rings is 1. The molecular weight excluding hydrogens is 395 g/mol. The summed E-state index contributed by atoms with van der Waals surface area (Å²) in [5.41, 5.74) is 1.30. The first-order chi connectivity index (χ1) is 9.13. The standard InChI is InChI=1S/C13H7Br2FN2S/c14-7-4-5-10-11(6-7)19-13(17-10)18-12-8(15)2-1-3-9(12)16/h1-6H,(H,17,18). The molecule has 0 amide bonds. The molecule has 1 heterocycles. The van der Waals surface area contributed by atoms with Gasteiger partial charge in [0.15, 0.2) is 5.13 Å². The highest BCUT2D eigenvalue weighted by molar-refractivity contribution is 9.10. The summed E-state index contributed by atoms with van der Waals surface area (Å²) in [7, 11) is 0. The van der Waals surface area contributed by atoms with E-state index in [-0.39, 0.29) is 5.82 Å². The molecule has 0 bridgehead atoms. The fourth-order valence-electron chi connectivity index (χ4n) is 1.68. The molecule has 2 aromatic carbocycles. The number of hydrogen-bond acceptors (Lipinski definition) is 3. The third-order valence-electron chi connectivity index (χ3n) is 2.55. The molecule has 0 saturated carbocycles. The van der Waals surface area contributed by atoms with Crippen LogP contribution in [0.4, 0.5) is 15.2 Å². The molecule has 0 aliphatic rings. The van der Waals surface area contributed by atoms with Crippen molar-refractivity contribution in [1.82, 2.24) is 4.98 Å². The predicted molar refractivity (Wildman–Crippen MR) is 84.7 cm³/mol. The maximum absolute atomic E-state index is 13.7. The molecular formula is C13H7Br2FN2S. The molecule has 0 saturated heterocycles. The van der Waals surface area contributed by atoms with Gasteiger partial charge in [-0.15, -0.1) is 0 Å². The van der Waals surface area contributed by atoms with Crippen LogP contribution in [0.25, 0.3) is 10.2 Å². The zero-order valence-electron chi connectivity index (χ0n) is 9.45. The normalized spacial score (nSPS) is 10.9. The van der Waals surface area contributed by atoms with Gasteiger partial charge in [0.05, 0.1) is 15.9 Å². The number of anilines is 2. The second-order valence-electron chi connectivity index (χ2n) is 3.85. The molecule has 0 fully saturated rings. The minimum absolute atomic E-state index is 0.310. The number of nitrogens with zero attached hydrogens (tertiary/aromatic N) is 1. The van der Waals surface area contributed by atoms with Crippen molar-refractivity contribution in [2.75, 3.05) is 5.32 Å². The molecule has 96 valence electrons. The molecule has 1 N–H and O–H groups in total. The fraction of sp³-hybridized carbons (Fsp3) is 0. The second kappa shape index (κ2) is 5.19. The number of aromatic nitrogens is 1. The third kappa shape index (κ3) is 2.66. The van der Waals surface area contributed by atoms with Crippen molar-refractivity contribution in [3.8, 4) is 0 Å². The Kier molecular flexibility index (Phi) is 3.56.